The zero-order valence-electron chi connectivity index (χ0n) is 15.1. The fourth-order valence-corrected chi connectivity index (χ4v) is 3.40. The van der Waals surface area contributed by atoms with E-state index in [4.69, 9.17) is 16.7 Å². The van der Waals surface area contributed by atoms with Gasteiger partial charge in [0.1, 0.15) is 6.04 Å². The Morgan fingerprint density at radius 1 is 1.23 bits per heavy atom. The van der Waals surface area contributed by atoms with E-state index in [9.17, 15) is 14.4 Å². The van der Waals surface area contributed by atoms with Crippen LogP contribution in [0.25, 0.3) is 0 Å². The molecular formula is C19H25ClN2O4. The normalized spacial score (nSPS) is 16.4. The fraction of sp³-hybridized carbons (Fsp3) is 0.526. The van der Waals surface area contributed by atoms with E-state index in [1.807, 2.05) is 13.8 Å². The summed E-state index contributed by atoms with van der Waals surface area (Å²) >= 11 is 6.06. The van der Waals surface area contributed by atoms with Crippen LogP contribution in [0.15, 0.2) is 24.3 Å². The van der Waals surface area contributed by atoms with E-state index < -0.39 is 12.0 Å². The average Bonchev–Trinajstić information content (AvgIpc) is 2.59. The first-order chi connectivity index (χ1) is 12.3. The Kier molecular flexibility index (Phi) is 7.03. The van der Waals surface area contributed by atoms with E-state index in [2.05, 4.69) is 5.32 Å². The van der Waals surface area contributed by atoms with Gasteiger partial charge in [0.25, 0.3) is 5.91 Å². The van der Waals surface area contributed by atoms with Crippen molar-refractivity contribution >= 4 is 29.4 Å². The van der Waals surface area contributed by atoms with Crippen LogP contribution >= 0.6 is 11.6 Å². The molecule has 2 rings (SSSR count). The second-order valence-corrected chi connectivity index (χ2v) is 7.45. The summed E-state index contributed by atoms with van der Waals surface area (Å²) in [5, 5.41) is 12.0. The second kappa shape index (κ2) is 9.03. The Bertz CT molecular complexity index is 669. The molecule has 0 aromatic heterocycles. The van der Waals surface area contributed by atoms with Gasteiger partial charge >= 0.3 is 5.97 Å². The molecule has 1 aromatic rings. The topological polar surface area (TPSA) is 86.7 Å². The number of carbonyl (C=O) groups excluding carboxylic acids is 2. The van der Waals surface area contributed by atoms with Crippen molar-refractivity contribution < 1.29 is 19.5 Å². The number of hydrogen-bond acceptors (Lipinski definition) is 3. The molecule has 1 aliphatic heterocycles. The minimum Gasteiger partial charge on any atom is -0.481 e. The van der Waals surface area contributed by atoms with Crippen molar-refractivity contribution in [3.63, 3.8) is 0 Å². The number of carbonyl (C=O) groups is 3. The number of rotatable bonds is 6. The molecule has 1 atom stereocenters. The van der Waals surface area contributed by atoms with E-state index in [1.54, 1.807) is 29.2 Å². The van der Waals surface area contributed by atoms with Gasteiger partial charge in [0.05, 0.1) is 10.6 Å². The summed E-state index contributed by atoms with van der Waals surface area (Å²) in [6.45, 7) is 4.79. The molecule has 1 aliphatic rings. The molecule has 0 aliphatic carbocycles. The maximum atomic E-state index is 12.9. The molecule has 0 radical (unpaired) electrons. The van der Waals surface area contributed by atoms with E-state index in [-0.39, 0.29) is 30.1 Å². The standard InChI is InChI=1S/C19H25ClN2O4/c1-12(2)17(21-18(25)14-5-3-4-6-15(14)20)19(26)22-9-7-13(8-10-22)11-16(23)24/h3-6,12-13,17H,7-11H2,1-2H3,(H,21,25)(H,23,24). The number of nitrogens with one attached hydrogen (secondary N) is 1. The molecule has 26 heavy (non-hydrogen) atoms. The maximum Gasteiger partial charge on any atom is 0.303 e. The zero-order valence-corrected chi connectivity index (χ0v) is 15.8. The quantitative estimate of drug-likeness (QED) is 0.794. The van der Waals surface area contributed by atoms with Crippen LogP contribution < -0.4 is 5.32 Å². The fourth-order valence-electron chi connectivity index (χ4n) is 3.18. The van der Waals surface area contributed by atoms with Crippen molar-refractivity contribution in [2.45, 2.75) is 39.2 Å². The minimum absolute atomic E-state index is 0.0781. The van der Waals surface area contributed by atoms with Crippen molar-refractivity contribution in [3.05, 3.63) is 34.9 Å². The van der Waals surface area contributed by atoms with E-state index >= 15 is 0 Å². The second-order valence-electron chi connectivity index (χ2n) is 7.04. The number of carboxylic acids is 1. The van der Waals surface area contributed by atoms with Crippen LogP contribution in [0, 0.1) is 11.8 Å². The lowest BCUT2D eigenvalue weighted by atomic mass is 9.92. The molecule has 7 heteroatoms. The molecule has 1 fully saturated rings. The first-order valence-electron chi connectivity index (χ1n) is 8.85. The predicted octanol–water partition coefficient (Wildman–Crippen LogP) is 2.81. The highest BCUT2D eigenvalue weighted by Gasteiger charge is 2.32. The van der Waals surface area contributed by atoms with Gasteiger partial charge in [0.2, 0.25) is 5.91 Å². The molecule has 1 unspecified atom stereocenters. The highest BCUT2D eigenvalue weighted by atomic mass is 35.5. The van der Waals surface area contributed by atoms with Crippen LogP contribution in [0.3, 0.4) is 0 Å². The van der Waals surface area contributed by atoms with Crippen molar-refractivity contribution in [2.75, 3.05) is 13.1 Å². The Morgan fingerprint density at radius 3 is 2.38 bits per heavy atom. The van der Waals surface area contributed by atoms with Gasteiger partial charge in [0.15, 0.2) is 0 Å². The molecule has 0 saturated carbocycles. The Hall–Kier alpha value is -2.08. The van der Waals surface area contributed by atoms with Gasteiger partial charge in [-0.2, -0.15) is 0 Å². The van der Waals surface area contributed by atoms with E-state index in [0.717, 1.165) is 0 Å². The molecule has 142 valence electrons. The van der Waals surface area contributed by atoms with E-state index in [0.29, 0.717) is 36.5 Å². The van der Waals surface area contributed by atoms with Crippen LogP contribution in [0.5, 0.6) is 0 Å². The minimum atomic E-state index is -0.804. The number of piperidine rings is 1. The lowest BCUT2D eigenvalue weighted by molar-refractivity contribution is -0.139. The number of amides is 2. The van der Waals surface area contributed by atoms with Gasteiger partial charge in [-0.15, -0.1) is 0 Å². The van der Waals surface area contributed by atoms with Crippen molar-refractivity contribution in [1.82, 2.24) is 10.2 Å². The summed E-state index contributed by atoms with van der Waals surface area (Å²) in [6, 6.07) is 6.08. The molecule has 1 heterocycles. The number of likely N-dealkylation sites (tertiary alicyclic amines) is 1. The Labute approximate surface area is 158 Å². The van der Waals surface area contributed by atoms with Gasteiger partial charge in [-0.05, 0) is 36.8 Å². The number of nitrogens with zero attached hydrogens (tertiary/aromatic N) is 1. The zero-order chi connectivity index (χ0) is 19.3. The third kappa shape index (κ3) is 5.21. The predicted molar refractivity (Wildman–Crippen MR) is 99.1 cm³/mol. The lowest BCUT2D eigenvalue weighted by Crippen LogP contribution is -2.53. The largest absolute Gasteiger partial charge is 0.481 e. The van der Waals surface area contributed by atoms with Crippen molar-refractivity contribution in [2.24, 2.45) is 11.8 Å². The average molecular weight is 381 g/mol. The third-order valence-electron chi connectivity index (χ3n) is 4.73. The maximum absolute atomic E-state index is 12.9. The molecule has 2 amide bonds. The number of carboxylic acid groups (broad SMARTS) is 1. The van der Waals surface area contributed by atoms with Crippen LogP contribution in [-0.2, 0) is 9.59 Å². The smallest absolute Gasteiger partial charge is 0.303 e. The van der Waals surface area contributed by atoms with Crippen LogP contribution in [0.1, 0.15) is 43.5 Å². The Morgan fingerprint density at radius 2 is 1.85 bits per heavy atom. The lowest BCUT2D eigenvalue weighted by Gasteiger charge is -2.35. The number of hydrogen-bond donors (Lipinski definition) is 2. The number of aliphatic carboxylic acids is 1. The first-order valence-corrected chi connectivity index (χ1v) is 9.23. The molecule has 1 aromatic carbocycles. The third-order valence-corrected chi connectivity index (χ3v) is 5.06. The van der Waals surface area contributed by atoms with Crippen LogP contribution in [0.4, 0.5) is 0 Å². The summed E-state index contributed by atoms with van der Waals surface area (Å²) in [5.41, 5.74) is 0.341. The van der Waals surface area contributed by atoms with Gasteiger partial charge in [-0.1, -0.05) is 37.6 Å². The van der Waals surface area contributed by atoms with Crippen LogP contribution in [0.2, 0.25) is 5.02 Å². The molecule has 1 saturated heterocycles. The van der Waals surface area contributed by atoms with Gasteiger partial charge in [-0.3, -0.25) is 14.4 Å². The Balaban J connectivity index is 2.01. The van der Waals surface area contributed by atoms with Gasteiger partial charge < -0.3 is 15.3 Å². The molecule has 2 N–H and O–H groups in total. The first kappa shape index (κ1) is 20.2. The SMILES string of the molecule is CC(C)C(NC(=O)c1ccccc1Cl)C(=O)N1CCC(CC(=O)O)CC1. The van der Waals surface area contributed by atoms with Crippen molar-refractivity contribution in [3.8, 4) is 0 Å². The number of benzene rings is 1. The molecule has 0 spiro atoms. The monoisotopic (exact) mass is 380 g/mol. The van der Waals surface area contributed by atoms with Gasteiger partial charge in [-0.25, -0.2) is 0 Å². The van der Waals surface area contributed by atoms with Gasteiger partial charge in [0, 0.05) is 19.5 Å². The summed E-state index contributed by atoms with van der Waals surface area (Å²) in [6.07, 6.45) is 1.47. The highest BCUT2D eigenvalue weighted by molar-refractivity contribution is 6.33. The summed E-state index contributed by atoms with van der Waals surface area (Å²) in [4.78, 5) is 37.9. The summed E-state index contributed by atoms with van der Waals surface area (Å²) < 4.78 is 0. The van der Waals surface area contributed by atoms with E-state index in [1.165, 1.54) is 0 Å². The summed E-state index contributed by atoms with van der Waals surface area (Å²) in [5.74, 6) is -1.28. The number of halogens is 1. The highest BCUT2D eigenvalue weighted by Crippen LogP contribution is 2.22. The van der Waals surface area contributed by atoms with Crippen LogP contribution in [-0.4, -0.2) is 46.9 Å². The van der Waals surface area contributed by atoms with Crippen molar-refractivity contribution in [1.29, 1.82) is 0 Å². The summed E-state index contributed by atoms with van der Waals surface area (Å²) in [7, 11) is 0. The molecule has 0 bridgehead atoms. The molecule has 6 nitrogen and oxygen atoms in total. The molecular weight excluding hydrogens is 356 g/mol.